The van der Waals surface area contributed by atoms with Crippen molar-refractivity contribution in [3.8, 4) is 0 Å². The summed E-state index contributed by atoms with van der Waals surface area (Å²) in [7, 11) is 0. The lowest BCUT2D eigenvalue weighted by atomic mass is 10.1. The molecular formula is C19H16ClN3O2S. The van der Waals surface area contributed by atoms with Gasteiger partial charge in [0.15, 0.2) is 0 Å². The molecule has 3 heterocycles. The van der Waals surface area contributed by atoms with Crippen LogP contribution in [0, 0.1) is 13.8 Å². The molecule has 0 bridgehead atoms. The maximum Gasteiger partial charge on any atom is 0.329 e. The standard InChI is InChI=1S/C19H16ClN3O2S/c1-10-8-21-9-15(11(10)2)23-18(24)17-14(22-19(23)25)7-16(26-17)12-5-3-4-6-13(12)20/h3-9,14,17H,1-2H3,(H,22,25). The van der Waals surface area contributed by atoms with Gasteiger partial charge >= 0.3 is 6.03 Å². The van der Waals surface area contributed by atoms with Gasteiger partial charge in [-0.25, -0.2) is 9.69 Å². The van der Waals surface area contributed by atoms with Gasteiger partial charge < -0.3 is 5.32 Å². The topological polar surface area (TPSA) is 62.3 Å². The lowest BCUT2D eigenvalue weighted by Crippen LogP contribution is -2.60. The summed E-state index contributed by atoms with van der Waals surface area (Å²) in [5.74, 6) is -0.238. The Morgan fingerprint density at radius 1 is 1.19 bits per heavy atom. The van der Waals surface area contributed by atoms with Crippen LogP contribution in [-0.4, -0.2) is 28.2 Å². The number of thioether (sulfide) groups is 1. The Hall–Kier alpha value is -2.31. The Labute approximate surface area is 160 Å². The van der Waals surface area contributed by atoms with Crippen LogP contribution in [0.1, 0.15) is 16.7 Å². The summed E-state index contributed by atoms with van der Waals surface area (Å²) in [5.41, 5.74) is 3.19. The van der Waals surface area contributed by atoms with Crippen molar-refractivity contribution in [2.75, 3.05) is 4.90 Å². The van der Waals surface area contributed by atoms with Crippen molar-refractivity contribution in [1.29, 1.82) is 0 Å². The van der Waals surface area contributed by atoms with Gasteiger partial charge in [0.25, 0.3) is 5.91 Å². The molecule has 5 nitrogen and oxygen atoms in total. The molecule has 0 spiro atoms. The van der Waals surface area contributed by atoms with Crippen LogP contribution in [0.3, 0.4) is 0 Å². The smallest absolute Gasteiger partial charge is 0.329 e. The SMILES string of the molecule is Cc1cncc(N2C(=O)NC3C=C(c4ccccc4Cl)SC3C2=O)c1C. The molecule has 4 rings (SSSR count). The van der Waals surface area contributed by atoms with Gasteiger partial charge in [0.2, 0.25) is 0 Å². The van der Waals surface area contributed by atoms with Crippen LogP contribution in [0.4, 0.5) is 10.5 Å². The number of rotatable bonds is 2. The zero-order valence-electron chi connectivity index (χ0n) is 14.2. The molecular weight excluding hydrogens is 370 g/mol. The largest absolute Gasteiger partial charge is 0.329 e. The molecule has 1 saturated heterocycles. The second-order valence-electron chi connectivity index (χ2n) is 6.30. The average Bonchev–Trinajstić information content (AvgIpc) is 3.03. The highest BCUT2D eigenvalue weighted by atomic mass is 35.5. The fourth-order valence-electron chi connectivity index (χ4n) is 3.14. The molecule has 0 radical (unpaired) electrons. The molecule has 2 aliphatic rings. The number of fused-ring (bicyclic) bond motifs is 1. The number of amides is 3. The van der Waals surface area contributed by atoms with Crippen LogP contribution in [0.2, 0.25) is 5.02 Å². The van der Waals surface area contributed by atoms with Crippen LogP contribution in [-0.2, 0) is 4.79 Å². The highest BCUT2D eigenvalue weighted by molar-refractivity contribution is 8.09. The normalized spacial score (nSPS) is 22.1. The minimum atomic E-state index is -0.427. The minimum absolute atomic E-state index is 0.238. The predicted octanol–water partition coefficient (Wildman–Crippen LogP) is 3.93. The summed E-state index contributed by atoms with van der Waals surface area (Å²) in [6, 6.07) is 6.72. The van der Waals surface area contributed by atoms with Crippen LogP contribution < -0.4 is 10.2 Å². The van der Waals surface area contributed by atoms with E-state index in [1.54, 1.807) is 12.4 Å². The van der Waals surface area contributed by atoms with Gasteiger partial charge in [-0.1, -0.05) is 29.8 Å². The maximum absolute atomic E-state index is 13.1. The van der Waals surface area contributed by atoms with Gasteiger partial charge in [0.1, 0.15) is 5.25 Å². The van der Waals surface area contributed by atoms with E-state index in [1.807, 2.05) is 44.2 Å². The summed E-state index contributed by atoms with van der Waals surface area (Å²) >= 11 is 7.72. The summed E-state index contributed by atoms with van der Waals surface area (Å²) in [4.78, 5) is 32.0. The lowest BCUT2D eigenvalue weighted by molar-refractivity contribution is -0.118. The number of aryl methyl sites for hydroxylation is 1. The molecule has 2 atom stereocenters. The van der Waals surface area contributed by atoms with E-state index in [0.717, 1.165) is 21.6 Å². The number of halogens is 1. The first-order valence-corrected chi connectivity index (χ1v) is 9.42. The van der Waals surface area contributed by atoms with Crippen molar-refractivity contribution in [3.63, 3.8) is 0 Å². The molecule has 2 aliphatic heterocycles. The Morgan fingerprint density at radius 3 is 2.73 bits per heavy atom. The third kappa shape index (κ3) is 2.70. The molecule has 7 heteroatoms. The first-order chi connectivity index (χ1) is 12.5. The van der Waals surface area contributed by atoms with E-state index < -0.39 is 11.3 Å². The van der Waals surface area contributed by atoms with Gasteiger partial charge in [-0.05, 0) is 37.1 Å². The molecule has 1 fully saturated rings. The maximum atomic E-state index is 13.1. The van der Waals surface area contributed by atoms with E-state index in [0.29, 0.717) is 10.7 Å². The summed E-state index contributed by atoms with van der Waals surface area (Å²) < 4.78 is 0. The molecule has 3 amide bonds. The quantitative estimate of drug-likeness (QED) is 0.850. The number of carbonyl (C=O) groups excluding carboxylic acids is 2. The third-order valence-electron chi connectivity index (χ3n) is 4.69. The highest BCUT2D eigenvalue weighted by Crippen LogP contribution is 2.44. The molecule has 2 unspecified atom stereocenters. The minimum Gasteiger partial charge on any atom is -0.329 e. The lowest BCUT2D eigenvalue weighted by Gasteiger charge is -2.33. The monoisotopic (exact) mass is 385 g/mol. The number of anilines is 1. The van der Waals surface area contributed by atoms with E-state index in [9.17, 15) is 9.59 Å². The van der Waals surface area contributed by atoms with Gasteiger partial charge in [-0.2, -0.15) is 0 Å². The third-order valence-corrected chi connectivity index (χ3v) is 6.38. The van der Waals surface area contributed by atoms with Crippen molar-refractivity contribution < 1.29 is 9.59 Å². The molecule has 1 aromatic heterocycles. The van der Waals surface area contributed by atoms with E-state index in [4.69, 9.17) is 11.6 Å². The predicted molar refractivity (Wildman–Crippen MR) is 104 cm³/mol. The van der Waals surface area contributed by atoms with E-state index in [-0.39, 0.29) is 11.9 Å². The van der Waals surface area contributed by atoms with Crippen LogP contribution in [0.25, 0.3) is 4.91 Å². The van der Waals surface area contributed by atoms with Gasteiger partial charge in [0.05, 0.1) is 17.9 Å². The Balaban J connectivity index is 1.67. The summed E-state index contributed by atoms with van der Waals surface area (Å²) in [6.45, 7) is 3.79. The number of nitrogens with one attached hydrogen (secondary N) is 1. The number of nitrogens with zero attached hydrogens (tertiary/aromatic N) is 2. The zero-order valence-corrected chi connectivity index (χ0v) is 15.8. The summed E-state index contributed by atoms with van der Waals surface area (Å²) in [5, 5.41) is 3.13. The van der Waals surface area contributed by atoms with Gasteiger partial charge in [-0.15, -0.1) is 11.8 Å². The zero-order chi connectivity index (χ0) is 18.4. The van der Waals surface area contributed by atoms with Crippen LogP contribution >= 0.6 is 23.4 Å². The van der Waals surface area contributed by atoms with Crippen molar-refractivity contribution in [2.24, 2.45) is 0 Å². The fraction of sp³-hybridized carbons (Fsp3) is 0.211. The van der Waals surface area contributed by atoms with Crippen molar-refractivity contribution in [3.05, 3.63) is 64.4 Å². The number of hydrogen-bond acceptors (Lipinski definition) is 4. The molecule has 132 valence electrons. The number of hydrogen-bond donors (Lipinski definition) is 1. The highest BCUT2D eigenvalue weighted by Gasteiger charge is 2.45. The molecule has 1 N–H and O–H groups in total. The number of pyridine rings is 1. The Morgan fingerprint density at radius 2 is 1.96 bits per heavy atom. The van der Waals surface area contributed by atoms with E-state index in [2.05, 4.69) is 10.3 Å². The van der Waals surface area contributed by atoms with E-state index in [1.165, 1.54) is 16.7 Å². The number of imide groups is 1. The Kier molecular flexibility index (Phi) is 4.25. The van der Waals surface area contributed by atoms with Gasteiger partial charge in [0, 0.05) is 21.7 Å². The number of aromatic nitrogens is 1. The second kappa shape index (κ2) is 6.45. The first kappa shape index (κ1) is 17.1. The number of benzene rings is 1. The number of urea groups is 1. The number of carbonyl (C=O) groups is 2. The van der Waals surface area contributed by atoms with Crippen molar-refractivity contribution in [1.82, 2.24) is 10.3 Å². The van der Waals surface area contributed by atoms with Crippen LogP contribution in [0.5, 0.6) is 0 Å². The summed E-state index contributed by atoms with van der Waals surface area (Å²) in [6.07, 6.45) is 5.18. The van der Waals surface area contributed by atoms with Crippen LogP contribution in [0.15, 0.2) is 42.7 Å². The fourth-order valence-corrected chi connectivity index (χ4v) is 4.74. The molecule has 0 saturated carbocycles. The molecule has 1 aromatic carbocycles. The Bertz CT molecular complexity index is 960. The van der Waals surface area contributed by atoms with E-state index >= 15 is 0 Å². The van der Waals surface area contributed by atoms with Crippen molar-refractivity contribution >= 4 is 45.9 Å². The van der Waals surface area contributed by atoms with Crippen molar-refractivity contribution in [2.45, 2.75) is 25.1 Å². The molecule has 0 aliphatic carbocycles. The first-order valence-electron chi connectivity index (χ1n) is 8.16. The van der Waals surface area contributed by atoms with Gasteiger partial charge in [-0.3, -0.25) is 9.78 Å². The second-order valence-corrected chi connectivity index (χ2v) is 7.89. The molecule has 26 heavy (non-hydrogen) atoms. The average molecular weight is 386 g/mol. The molecule has 2 aromatic rings.